The Morgan fingerprint density at radius 2 is 1.63 bits per heavy atom. The predicted octanol–water partition coefficient (Wildman–Crippen LogP) is 3.74. The van der Waals surface area contributed by atoms with Gasteiger partial charge in [-0.05, 0) is 18.7 Å². The van der Waals surface area contributed by atoms with Gasteiger partial charge in [-0.2, -0.15) is 5.10 Å². The van der Waals surface area contributed by atoms with Crippen LogP contribution in [-0.4, -0.2) is 45.3 Å². The first kappa shape index (κ1) is 18.7. The molecule has 0 radical (unpaired) electrons. The summed E-state index contributed by atoms with van der Waals surface area (Å²) in [6.07, 6.45) is -0.579. The first-order valence-electron chi connectivity index (χ1n) is 10.2. The van der Waals surface area contributed by atoms with Crippen molar-refractivity contribution >= 4 is 16.7 Å². The normalized spacial score (nSPS) is 13.6. The zero-order valence-electron chi connectivity index (χ0n) is 16.8. The van der Waals surface area contributed by atoms with Crippen LogP contribution in [-0.2, 0) is 13.1 Å². The number of nitrogens with zero attached hydrogens (tertiary/aromatic N) is 3. The molecule has 1 aliphatic rings. The van der Waals surface area contributed by atoms with Gasteiger partial charge in [-0.1, -0.05) is 66.7 Å². The fraction of sp³-hybridized carbons (Fsp3) is 0.200. The maximum atomic E-state index is 13.0. The molecule has 30 heavy (non-hydrogen) atoms. The van der Waals surface area contributed by atoms with Gasteiger partial charge in [0.1, 0.15) is 5.69 Å². The molecule has 1 aliphatic carbocycles. The van der Waals surface area contributed by atoms with Crippen molar-refractivity contribution < 1.29 is 9.90 Å². The molecule has 0 saturated carbocycles. The minimum atomic E-state index is -0.579. The third kappa shape index (κ3) is 3.22. The first-order valence-corrected chi connectivity index (χ1v) is 10.2. The van der Waals surface area contributed by atoms with Crippen LogP contribution in [0.4, 0.5) is 0 Å². The summed E-state index contributed by atoms with van der Waals surface area (Å²) in [4.78, 5) is 15.1. The Morgan fingerprint density at radius 1 is 0.933 bits per heavy atom. The Kier molecular flexibility index (Phi) is 4.69. The lowest BCUT2D eigenvalue weighted by Crippen LogP contribution is -2.32. The number of carbonyl (C=O) groups excluding carboxylic acids is 1. The molecule has 5 rings (SSSR count). The highest BCUT2D eigenvalue weighted by molar-refractivity contribution is 6.25. The SMILES string of the molecule is CN(Cc1ccccc1)C[C@@H](O)Cn1nc2c3c(cccc31)C(=O)c1ccccc1-2. The highest BCUT2D eigenvalue weighted by Crippen LogP contribution is 2.38. The Hall–Kier alpha value is -3.28. The van der Waals surface area contributed by atoms with Gasteiger partial charge in [0, 0.05) is 35.2 Å². The fourth-order valence-electron chi connectivity index (χ4n) is 4.36. The molecule has 1 aromatic heterocycles. The minimum absolute atomic E-state index is 0.0337. The second-order valence-corrected chi connectivity index (χ2v) is 7.94. The average molecular weight is 397 g/mol. The van der Waals surface area contributed by atoms with Crippen molar-refractivity contribution in [3.8, 4) is 11.3 Å². The van der Waals surface area contributed by atoms with Crippen molar-refractivity contribution in [3.63, 3.8) is 0 Å². The third-order valence-electron chi connectivity index (χ3n) is 5.65. The summed E-state index contributed by atoms with van der Waals surface area (Å²) in [6, 6.07) is 23.5. The average Bonchev–Trinajstić information content (AvgIpc) is 3.12. The van der Waals surface area contributed by atoms with E-state index in [4.69, 9.17) is 5.10 Å². The second-order valence-electron chi connectivity index (χ2n) is 7.94. The van der Waals surface area contributed by atoms with E-state index in [2.05, 4.69) is 17.0 Å². The van der Waals surface area contributed by atoms with Crippen molar-refractivity contribution in [1.29, 1.82) is 0 Å². The van der Waals surface area contributed by atoms with Crippen molar-refractivity contribution in [1.82, 2.24) is 14.7 Å². The summed E-state index contributed by atoms with van der Waals surface area (Å²) < 4.78 is 1.84. The second kappa shape index (κ2) is 7.52. The number of rotatable bonds is 6. The van der Waals surface area contributed by atoms with Crippen molar-refractivity contribution in [2.24, 2.45) is 0 Å². The Morgan fingerprint density at radius 3 is 2.43 bits per heavy atom. The molecule has 5 nitrogen and oxygen atoms in total. The van der Waals surface area contributed by atoms with E-state index >= 15 is 0 Å². The van der Waals surface area contributed by atoms with Crippen LogP contribution in [0.1, 0.15) is 21.5 Å². The van der Waals surface area contributed by atoms with Crippen LogP contribution in [0.25, 0.3) is 22.2 Å². The van der Waals surface area contributed by atoms with E-state index < -0.39 is 6.10 Å². The van der Waals surface area contributed by atoms with Gasteiger partial charge in [0.15, 0.2) is 5.78 Å². The van der Waals surface area contributed by atoms with Crippen molar-refractivity contribution in [2.75, 3.05) is 13.6 Å². The van der Waals surface area contributed by atoms with E-state index in [9.17, 15) is 9.90 Å². The number of aliphatic hydroxyl groups is 1. The van der Waals surface area contributed by atoms with Gasteiger partial charge in [-0.15, -0.1) is 0 Å². The molecule has 3 aromatic carbocycles. The maximum absolute atomic E-state index is 13.0. The number of aromatic nitrogens is 2. The third-order valence-corrected chi connectivity index (χ3v) is 5.65. The molecular weight excluding hydrogens is 374 g/mol. The summed E-state index contributed by atoms with van der Waals surface area (Å²) in [5.41, 5.74) is 5.15. The van der Waals surface area contributed by atoms with E-state index in [0.29, 0.717) is 24.2 Å². The number of aliphatic hydroxyl groups excluding tert-OH is 1. The van der Waals surface area contributed by atoms with Crippen LogP contribution in [0.15, 0.2) is 72.8 Å². The highest BCUT2D eigenvalue weighted by Gasteiger charge is 2.28. The van der Waals surface area contributed by atoms with Gasteiger partial charge in [-0.25, -0.2) is 0 Å². The van der Waals surface area contributed by atoms with Gasteiger partial charge in [-0.3, -0.25) is 14.4 Å². The lowest BCUT2D eigenvalue weighted by atomic mass is 9.87. The smallest absolute Gasteiger partial charge is 0.194 e. The highest BCUT2D eigenvalue weighted by atomic mass is 16.3. The van der Waals surface area contributed by atoms with Crippen LogP contribution >= 0.6 is 0 Å². The summed E-state index contributed by atoms with van der Waals surface area (Å²) in [6.45, 7) is 1.67. The Labute approximate surface area is 175 Å². The number of likely N-dealkylation sites (N-methyl/N-ethyl adjacent to an activating group) is 1. The molecule has 0 saturated heterocycles. The van der Waals surface area contributed by atoms with Crippen LogP contribution in [0.3, 0.4) is 0 Å². The number of hydrogen-bond acceptors (Lipinski definition) is 4. The number of hydrogen-bond donors (Lipinski definition) is 1. The summed E-state index contributed by atoms with van der Waals surface area (Å²) in [7, 11) is 2.00. The largest absolute Gasteiger partial charge is 0.390 e. The monoisotopic (exact) mass is 397 g/mol. The molecule has 0 aliphatic heterocycles. The summed E-state index contributed by atoms with van der Waals surface area (Å²) in [5, 5.41) is 16.4. The first-order chi connectivity index (χ1) is 14.6. The topological polar surface area (TPSA) is 58.4 Å². The van der Waals surface area contributed by atoms with E-state index in [-0.39, 0.29) is 5.78 Å². The number of benzene rings is 3. The molecule has 1 heterocycles. The minimum Gasteiger partial charge on any atom is -0.390 e. The van der Waals surface area contributed by atoms with Gasteiger partial charge < -0.3 is 5.11 Å². The summed E-state index contributed by atoms with van der Waals surface area (Å²) >= 11 is 0. The molecular formula is C25H23N3O2. The number of fused-ring (bicyclic) bond motifs is 2. The van der Waals surface area contributed by atoms with E-state index in [1.807, 2.05) is 72.4 Å². The molecule has 4 aromatic rings. The lowest BCUT2D eigenvalue weighted by Gasteiger charge is -2.21. The molecule has 150 valence electrons. The van der Waals surface area contributed by atoms with E-state index in [0.717, 1.165) is 28.7 Å². The quantitative estimate of drug-likeness (QED) is 0.474. The fourth-order valence-corrected chi connectivity index (χ4v) is 4.36. The molecule has 1 N–H and O–H groups in total. The molecule has 0 amide bonds. The number of carbonyl (C=O) groups is 1. The molecule has 0 fully saturated rings. The van der Waals surface area contributed by atoms with Gasteiger partial charge >= 0.3 is 0 Å². The van der Waals surface area contributed by atoms with Gasteiger partial charge in [0.25, 0.3) is 0 Å². The van der Waals surface area contributed by atoms with E-state index in [1.165, 1.54) is 5.56 Å². The molecule has 5 heteroatoms. The van der Waals surface area contributed by atoms with Crippen LogP contribution in [0.2, 0.25) is 0 Å². The van der Waals surface area contributed by atoms with Crippen LogP contribution in [0, 0.1) is 0 Å². The Balaban J connectivity index is 1.42. The van der Waals surface area contributed by atoms with Crippen LogP contribution in [0.5, 0.6) is 0 Å². The lowest BCUT2D eigenvalue weighted by molar-refractivity contribution is 0.103. The zero-order valence-corrected chi connectivity index (χ0v) is 16.8. The van der Waals surface area contributed by atoms with Crippen molar-refractivity contribution in [2.45, 2.75) is 19.2 Å². The van der Waals surface area contributed by atoms with Crippen molar-refractivity contribution in [3.05, 3.63) is 89.5 Å². The van der Waals surface area contributed by atoms with Gasteiger partial charge in [0.05, 0.1) is 18.2 Å². The Bertz CT molecular complexity index is 1230. The van der Waals surface area contributed by atoms with E-state index in [1.54, 1.807) is 0 Å². The number of ketones is 1. The maximum Gasteiger partial charge on any atom is 0.194 e. The molecule has 0 bridgehead atoms. The molecule has 0 spiro atoms. The molecule has 1 atom stereocenters. The predicted molar refractivity (Wildman–Crippen MR) is 117 cm³/mol. The summed E-state index contributed by atoms with van der Waals surface area (Å²) in [5.74, 6) is 0.0337. The van der Waals surface area contributed by atoms with Gasteiger partial charge in [0.2, 0.25) is 0 Å². The molecule has 0 unspecified atom stereocenters. The van der Waals surface area contributed by atoms with Crippen LogP contribution < -0.4 is 0 Å². The zero-order chi connectivity index (χ0) is 20.7. The standard InChI is InChI=1S/C25H23N3O2/c1-27(14-17-8-3-2-4-9-17)15-18(29)16-28-22-13-7-12-21-23(22)24(26-28)19-10-5-6-11-20(19)25(21)30/h2-13,18,29H,14-16H2,1H3/t18-/m1/s1.